The second-order valence-corrected chi connectivity index (χ2v) is 7.82. The molecule has 0 radical (unpaired) electrons. The highest BCUT2D eigenvalue weighted by atomic mass is 32.1. The molecule has 0 aliphatic carbocycles. The molecule has 1 N–H and O–H groups in total. The van der Waals surface area contributed by atoms with Gasteiger partial charge in [-0.3, -0.25) is 9.69 Å². The molecule has 0 spiro atoms. The molecule has 1 saturated heterocycles. The Kier molecular flexibility index (Phi) is 5.07. The van der Waals surface area contributed by atoms with Crippen molar-refractivity contribution in [2.24, 2.45) is 0 Å². The van der Waals surface area contributed by atoms with Gasteiger partial charge in [-0.15, -0.1) is 11.3 Å². The molecule has 3 rings (SSSR count). The molecule has 3 nitrogen and oxygen atoms in total. The fraction of sp³-hybridized carbons (Fsp3) is 0.450. The quantitative estimate of drug-likeness (QED) is 0.874. The number of benzene rings is 1. The lowest BCUT2D eigenvalue weighted by atomic mass is 9.92. The van der Waals surface area contributed by atoms with Crippen LogP contribution in [-0.2, 0) is 4.79 Å². The van der Waals surface area contributed by atoms with Gasteiger partial charge in [0.1, 0.15) is 6.04 Å². The summed E-state index contributed by atoms with van der Waals surface area (Å²) in [4.78, 5) is 15.3. The molecular formula is C20H25NO2S. The number of rotatable bonds is 4. The zero-order valence-electron chi connectivity index (χ0n) is 14.6. The Balaban J connectivity index is 2.09. The number of aryl methyl sites for hydroxylation is 3. The van der Waals surface area contributed by atoms with Crippen molar-refractivity contribution in [3.63, 3.8) is 0 Å². The molecule has 24 heavy (non-hydrogen) atoms. The third-order valence-electron chi connectivity index (χ3n) is 4.90. The van der Waals surface area contributed by atoms with Crippen LogP contribution in [0.15, 0.2) is 29.6 Å². The number of thiophene rings is 1. The first kappa shape index (κ1) is 17.2. The lowest BCUT2D eigenvalue weighted by molar-refractivity contribution is -0.145. The van der Waals surface area contributed by atoms with Gasteiger partial charge in [0.2, 0.25) is 0 Å². The summed E-state index contributed by atoms with van der Waals surface area (Å²) in [6, 6.07) is 8.36. The summed E-state index contributed by atoms with van der Waals surface area (Å²) in [5.74, 6) is -0.697. The van der Waals surface area contributed by atoms with Gasteiger partial charge in [-0.2, -0.15) is 0 Å². The van der Waals surface area contributed by atoms with Gasteiger partial charge in [0.15, 0.2) is 0 Å². The van der Waals surface area contributed by atoms with Crippen LogP contribution in [0.1, 0.15) is 52.4 Å². The Labute approximate surface area is 147 Å². The molecule has 2 aromatic rings. The molecule has 4 heteroatoms. The van der Waals surface area contributed by atoms with Gasteiger partial charge in [0.05, 0.1) is 6.04 Å². The first-order valence-corrected chi connectivity index (χ1v) is 9.46. The largest absolute Gasteiger partial charge is 0.480 e. The van der Waals surface area contributed by atoms with E-state index in [-0.39, 0.29) is 6.04 Å². The van der Waals surface area contributed by atoms with E-state index in [1.54, 1.807) is 11.3 Å². The predicted molar refractivity (Wildman–Crippen MR) is 98.8 cm³/mol. The molecule has 1 aliphatic heterocycles. The number of carboxylic acids is 1. The zero-order chi connectivity index (χ0) is 17.3. The second kappa shape index (κ2) is 7.08. The smallest absolute Gasteiger partial charge is 0.320 e. The fourth-order valence-electron chi connectivity index (χ4n) is 3.75. The van der Waals surface area contributed by atoms with Crippen molar-refractivity contribution in [2.75, 3.05) is 6.54 Å². The van der Waals surface area contributed by atoms with Gasteiger partial charge in [-0.05, 0) is 68.3 Å². The van der Waals surface area contributed by atoms with Crippen LogP contribution < -0.4 is 0 Å². The van der Waals surface area contributed by atoms with Crippen molar-refractivity contribution in [2.45, 2.75) is 52.1 Å². The maximum absolute atomic E-state index is 11.8. The number of carbonyl (C=O) groups is 1. The molecule has 2 atom stereocenters. The summed E-state index contributed by atoms with van der Waals surface area (Å²) in [6.07, 6.45) is 2.80. The molecule has 1 fully saturated rings. The van der Waals surface area contributed by atoms with E-state index in [1.807, 2.05) is 0 Å². The maximum Gasteiger partial charge on any atom is 0.320 e. The molecule has 0 amide bonds. The van der Waals surface area contributed by atoms with Gasteiger partial charge in [0.25, 0.3) is 0 Å². The molecule has 1 aromatic carbocycles. The monoisotopic (exact) mass is 343 g/mol. The van der Waals surface area contributed by atoms with E-state index in [4.69, 9.17) is 0 Å². The topological polar surface area (TPSA) is 40.5 Å². The van der Waals surface area contributed by atoms with Crippen LogP contribution in [0.3, 0.4) is 0 Å². The normalized spacial score (nSPS) is 20.0. The van der Waals surface area contributed by atoms with Gasteiger partial charge < -0.3 is 5.11 Å². The Morgan fingerprint density at radius 3 is 2.62 bits per heavy atom. The van der Waals surface area contributed by atoms with Gasteiger partial charge >= 0.3 is 5.97 Å². The van der Waals surface area contributed by atoms with Crippen molar-refractivity contribution in [1.82, 2.24) is 4.90 Å². The summed E-state index contributed by atoms with van der Waals surface area (Å²) >= 11 is 1.74. The molecule has 2 heterocycles. The van der Waals surface area contributed by atoms with Crippen LogP contribution in [0.25, 0.3) is 0 Å². The van der Waals surface area contributed by atoms with E-state index in [1.165, 1.54) is 27.1 Å². The average Bonchev–Trinajstić information content (AvgIpc) is 2.96. The SMILES string of the molecule is Cc1csc(C(c2ccc(C)cc2C)N2CCCCC2C(=O)O)c1. The number of piperidine rings is 1. The Morgan fingerprint density at radius 2 is 2.00 bits per heavy atom. The number of hydrogen-bond acceptors (Lipinski definition) is 3. The number of likely N-dealkylation sites (tertiary alicyclic amines) is 1. The molecule has 1 aliphatic rings. The molecular weight excluding hydrogens is 318 g/mol. The van der Waals surface area contributed by atoms with Gasteiger partial charge in [-0.1, -0.05) is 30.2 Å². The van der Waals surface area contributed by atoms with Crippen LogP contribution in [0.5, 0.6) is 0 Å². The first-order chi connectivity index (χ1) is 11.5. The third-order valence-corrected chi connectivity index (χ3v) is 6.00. The lowest BCUT2D eigenvalue weighted by Gasteiger charge is -2.39. The number of hydrogen-bond donors (Lipinski definition) is 1. The van der Waals surface area contributed by atoms with Crippen LogP contribution in [-0.4, -0.2) is 28.6 Å². The van der Waals surface area contributed by atoms with Crippen molar-refractivity contribution in [1.29, 1.82) is 0 Å². The molecule has 1 aromatic heterocycles. The lowest BCUT2D eigenvalue weighted by Crippen LogP contribution is -2.46. The van der Waals surface area contributed by atoms with Gasteiger partial charge in [0, 0.05) is 4.88 Å². The number of carboxylic acid groups (broad SMARTS) is 1. The fourth-order valence-corrected chi connectivity index (χ4v) is 4.79. The Bertz CT molecular complexity index is 737. The van der Waals surface area contributed by atoms with Gasteiger partial charge in [-0.25, -0.2) is 0 Å². The van der Waals surface area contributed by atoms with E-state index in [0.29, 0.717) is 0 Å². The average molecular weight is 343 g/mol. The summed E-state index contributed by atoms with van der Waals surface area (Å²) in [5.41, 5.74) is 4.95. The van der Waals surface area contributed by atoms with E-state index < -0.39 is 12.0 Å². The van der Waals surface area contributed by atoms with E-state index in [9.17, 15) is 9.90 Å². The molecule has 0 saturated carbocycles. The van der Waals surface area contributed by atoms with Crippen molar-refractivity contribution in [3.05, 3.63) is 56.8 Å². The van der Waals surface area contributed by atoms with E-state index in [2.05, 4.69) is 55.3 Å². The van der Waals surface area contributed by atoms with Crippen molar-refractivity contribution < 1.29 is 9.90 Å². The highest BCUT2D eigenvalue weighted by molar-refractivity contribution is 7.10. The summed E-state index contributed by atoms with van der Waals surface area (Å²) < 4.78 is 0. The van der Waals surface area contributed by atoms with Crippen molar-refractivity contribution in [3.8, 4) is 0 Å². The Hall–Kier alpha value is -1.65. The van der Waals surface area contributed by atoms with E-state index in [0.717, 1.165) is 25.8 Å². The molecule has 128 valence electrons. The standard InChI is InChI=1S/C20H25NO2S/c1-13-7-8-16(15(3)10-13)19(18-11-14(2)12-24-18)21-9-5-4-6-17(21)20(22)23/h7-8,10-12,17,19H,4-6,9H2,1-3H3,(H,22,23). The van der Waals surface area contributed by atoms with E-state index >= 15 is 0 Å². The Morgan fingerprint density at radius 1 is 1.21 bits per heavy atom. The number of aliphatic carboxylic acids is 1. The van der Waals surface area contributed by atoms with Crippen LogP contribution in [0.4, 0.5) is 0 Å². The summed E-state index contributed by atoms with van der Waals surface area (Å²) in [7, 11) is 0. The minimum absolute atomic E-state index is 0.0331. The minimum Gasteiger partial charge on any atom is -0.480 e. The van der Waals surface area contributed by atoms with Crippen LogP contribution in [0.2, 0.25) is 0 Å². The first-order valence-electron chi connectivity index (χ1n) is 8.58. The summed E-state index contributed by atoms with van der Waals surface area (Å²) in [6.45, 7) is 7.17. The highest BCUT2D eigenvalue weighted by Gasteiger charge is 2.36. The maximum atomic E-state index is 11.8. The van der Waals surface area contributed by atoms with Crippen LogP contribution >= 0.6 is 11.3 Å². The predicted octanol–water partition coefficient (Wildman–Crippen LogP) is 4.70. The highest BCUT2D eigenvalue weighted by Crippen LogP contribution is 2.38. The summed E-state index contributed by atoms with van der Waals surface area (Å²) in [5, 5.41) is 11.9. The second-order valence-electron chi connectivity index (χ2n) is 6.88. The number of nitrogens with zero attached hydrogens (tertiary/aromatic N) is 1. The third kappa shape index (κ3) is 3.40. The van der Waals surface area contributed by atoms with Crippen molar-refractivity contribution >= 4 is 17.3 Å². The van der Waals surface area contributed by atoms with Crippen LogP contribution in [0, 0.1) is 20.8 Å². The molecule has 2 unspecified atom stereocenters. The molecule has 0 bridgehead atoms. The minimum atomic E-state index is -0.697. The zero-order valence-corrected chi connectivity index (χ0v) is 15.4.